The summed E-state index contributed by atoms with van der Waals surface area (Å²) in [6.07, 6.45) is 0.937. The number of carbonyl (C=O) groups is 1. The minimum Gasteiger partial charge on any atom is -0.482 e. The highest BCUT2D eigenvalue weighted by atomic mass is 35.5. The zero-order valence-electron chi connectivity index (χ0n) is 11.7. The lowest BCUT2D eigenvalue weighted by molar-refractivity contribution is -0.123. The zero-order valence-corrected chi connectivity index (χ0v) is 14.1. The van der Waals surface area contributed by atoms with Crippen molar-refractivity contribution < 1.29 is 22.4 Å². The third kappa shape index (κ3) is 5.08. The lowest BCUT2D eigenvalue weighted by atomic mass is 10.3. The summed E-state index contributed by atoms with van der Waals surface area (Å²) in [6.45, 7) is -0.423. The second-order valence-corrected chi connectivity index (χ2v) is 7.11. The van der Waals surface area contributed by atoms with E-state index in [4.69, 9.17) is 32.4 Å². The Bertz CT molecular complexity index is 822. The normalized spacial score (nSPS) is 11.3. The van der Waals surface area contributed by atoms with Crippen LogP contribution < -0.4 is 10.1 Å². The van der Waals surface area contributed by atoms with Gasteiger partial charge in [-0.2, -0.15) is 0 Å². The molecule has 0 saturated heterocycles. The monoisotopic (exact) mass is 379 g/mol. The van der Waals surface area contributed by atoms with Crippen molar-refractivity contribution in [3.8, 4) is 5.75 Å². The predicted octanol–water partition coefficient (Wildman–Crippen LogP) is 1.48. The molecule has 2 aromatic rings. The Morgan fingerprint density at radius 2 is 2.09 bits per heavy atom. The molecule has 23 heavy (non-hydrogen) atoms. The number of hydrogen-bond donors (Lipinski definition) is 1. The quantitative estimate of drug-likeness (QED) is 0.808. The fourth-order valence-electron chi connectivity index (χ4n) is 1.42. The van der Waals surface area contributed by atoms with Crippen LogP contribution in [-0.4, -0.2) is 37.4 Å². The third-order valence-electron chi connectivity index (χ3n) is 2.45. The molecule has 124 valence electrons. The van der Waals surface area contributed by atoms with Crippen molar-refractivity contribution in [3.05, 3.63) is 34.1 Å². The second kappa shape index (κ2) is 7.16. The summed E-state index contributed by atoms with van der Waals surface area (Å²) in [7, 11) is -3.58. The fourth-order valence-corrected chi connectivity index (χ4v) is 2.32. The van der Waals surface area contributed by atoms with Gasteiger partial charge >= 0.3 is 5.22 Å². The number of nitrogens with zero attached hydrogens (tertiary/aromatic N) is 2. The first-order valence-corrected chi connectivity index (χ1v) is 8.77. The summed E-state index contributed by atoms with van der Waals surface area (Å²) < 4.78 is 32.5. The Morgan fingerprint density at radius 1 is 1.35 bits per heavy atom. The average Bonchev–Trinajstić information content (AvgIpc) is 2.93. The van der Waals surface area contributed by atoms with Crippen molar-refractivity contribution in [2.75, 3.05) is 12.9 Å². The van der Waals surface area contributed by atoms with Gasteiger partial charge in [0.1, 0.15) is 5.75 Å². The first kappa shape index (κ1) is 17.5. The summed E-state index contributed by atoms with van der Waals surface area (Å²) in [4.78, 5) is 11.7. The van der Waals surface area contributed by atoms with Gasteiger partial charge in [0.15, 0.2) is 6.61 Å². The van der Waals surface area contributed by atoms with Gasteiger partial charge in [-0.05, 0) is 18.2 Å². The Hall–Kier alpha value is -1.84. The summed E-state index contributed by atoms with van der Waals surface area (Å²) in [5.74, 6) is -0.207. The predicted molar refractivity (Wildman–Crippen MR) is 81.2 cm³/mol. The van der Waals surface area contributed by atoms with E-state index in [-0.39, 0.29) is 24.1 Å². The van der Waals surface area contributed by atoms with E-state index < -0.39 is 21.0 Å². The van der Waals surface area contributed by atoms with Crippen molar-refractivity contribution in [2.45, 2.75) is 11.8 Å². The average molecular weight is 380 g/mol. The number of benzene rings is 1. The number of rotatable bonds is 6. The van der Waals surface area contributed by atoms with Crippen LogP contribution in [0.4, 0.5) is 0 Å². The molecule has 0 aliphatic carbocycles. The zero-order chi connectivity index (χ0) is 17.0. The molecule has 0 aliphatic heterocycles. The molecule has 0 unspecified atom stereocenters. The van der Waals surface area contributed by atoms with Gasteiger partial charge in [0.05, 0.1) is 11.6 Å². The van der Waals surface area contributed by atoms with Crippen LogP contribution >= 0.6 is 23.2 Å². The maximum atomic E-state index is 11.7. The summed E-state index contributed by atoms with van der Waals surface area (Å²) in [5.41, 5.74) is 0. The van der Waals surface area contributed by atoms with Gasteiger partial charge in [-0.3, -0.25) is 4.79 Å². The molecule has 1 aromatic carbocycles. The van der Waals surface area contributed by atoms with E-state index in [2.05, 4.69) is 15.5 Å². The van der Waals surface area contributed by atoms with Crippen LogP contribution in [0.25, 0.3) is 0 Å². The molecule has 0 fully saturated rings. The Balaban J connectivity index is 1.84. The standard InChI is InChI=1S/C12H11Cl2N3O5S/c1-23(19,20)12-17-16-11(22-12)5-15-10(18)6-21-9-3-2-7(13)4-8(9)14/h2-4H,5-6H2,1H3,(H,15,18). The number of halogens is 2. The van der Waals surface area contributed by atoms with Crippen LogP contribution in [0.15, 0.2) is 27.8 Å². The molecular weight excluding hydrogens is 369 g/mol. The second-order valence-electron chi connectivity index (χ2n) is 4.37. The molecule has 2 rings (SSSR count). The van der Waals surface area contributed by atoms with Gasteiger partial charge in [0.2, 0.25) is 15.7 Å². The van der Waals surface area contributed by atoms with E-state index in [0.717, 1.165) is 6.26 Å². The van der Waals surface area contributed by atoms with E-state index >= 15 is 0 Å². The number of nitrogens with one attached hydrogen (secondary N) is 1. The molecule has 0 saturated carbocycles. The lowest BCUT2D eigenvalue weighted by Gasteiger charge is -2.07. The number of hydrogen-bond acceptors (Lipinski definition) is 7. The maximum absolute atomic E-state index is 11.7. The maximum Gasteiger partial charge on any atom is 0.335 e. The van der Waals surface area contributed by atoms with Crippen LogP contribution in [0.1, 0.15) is 5.89 Å². The number of amides is 1. The van der Waals surface area contributed by atoms with Crippen molar-refractivity contribution >= 4 is 38.9 Å². The first-order chi connectivity index (χ1) is 10.8. The minimum absolute atomic E-state index is 0.0386. The van der Waals surface area contributed by atoms with Gasteiger partial charge < -0.3 is 14.5 Å². The third-order valence-corrected chi connectivity index (χ3v) is 3.78. The molecule has 1 aromatic heterocycles. The molecule has 0 spiro atoms. The van der Waals surface area contributed by atoms with Crippen LogP contribution in [0, 0.1) is 0 Å². The van der Waals surface area contributed by atoms with Crippen LogP contribution in [-0.2, 0) is 21.2 Å². The Labute approximate surface area is 141 Å². The van der Waals surface area contributed by atoms with Crippen molar-refractivity contribution in [1.29, 1.82) is 0 Å². The van der Waals surface area contributed by atoms with E-state index in [0.29, 0.717) is 10.8 Å². The lowest BCUT2D eigenvalue weighted by Crippen LogP contribution is -2.28. The number of sulfone groups is 1. The van der Waals surface area contributed by atoms with Crippen LogP contribution in [0.3, 0.4) is 0 Å². The molecule has 1 N–H and O–H groups in total. The van der Waals surface area contributed by atoms with Crippen LogP contribution in [0.5, 0.6) is 5.75 Å². The highest BCUT2D eigenvalue weighted by molar-refractivity contribution is 7.90. The molecule has 0 aliphatic rings. The summed E-state index contributed by atoms with van der Waals surface area (Å²) in [6, 6.07) is 4.60. The highest BCUT2D eigenvalue weighted by Gasteiger charge is 2.16. The van der Waals surface area contributed by atoms with E-state index in [9.17, 15) is 13.2 Å². The van der Waals surface area contributed by atoms with Gasteiger partial charge in [-0.1, -0.05) is 28.3 Å². The Kier molecular flexibility index (Phi) is 5.45. The van der Waals surface area contributed by atoms with E-state index in [1.807, 2.05) is 0 Å². The molecule has 11 heteroatoms. The topological polar surface area (TPSA) is 111 Å². The molecular formula is C12H11Cl2N3O5S. The fraction of sp³-hybridized carbons (Fsp3) is 0.250. The number of aromatic nitrogens is 2. The smallest absolute Gasteiger partial charge is 0.335 e. The molecule has 1 heterocycles. The summed E-state index contributed by atoms with van der Waals surface area (Å²) in [5, 5.41) is 9.53. The van der Waals surface area contributed by atoms with Crippen molar-refractivity contribution in [2.24, 2.45) is 0 Å². The van der Waals surface area contributed by atoms with Gasteiger partial charge in [-0.15, -0.1) is 5.10 Å². The van der Waals surface area contributed by atoms with Crippen LogP contribution in [0.2, 0.25) is 10.0 Å². The molecule has 0 radical (unpaired) electrons. The highest BCUT2D eigenvalue weighted by Crippen LogP contribution is 2.27. The van der Waals surface area contributed by atoms with Gasteiger partial charge in [0.25, 0.3) is 5.91 Å². The van der Waals surface area contributed by atoms with Crippen molar-refractivity contribution in [1.82, 2.24) is 15.5 Å². The van der Waals surface area contributed by atoms with Crippen molar-refractivity contribution in [3.63, 3.8) is 0 Å². The van der Waals surface area contributed by atoms with E-state index in [1.165, 1.54) is 12.1 Å². The molecule has 1 amide bonds. The number of ether oxygens (including phenoxy) is 1. The van der Waals surface area contributed by atoms with E-state index in [1.54, 1.807) is 6.07 Å². The molecule has 0 bridgehead atoms. The SMILES string of the molecule is CS(=O)(=O)c1nnc(CNC(=O)COc2ccc(Cl)cc2Cl)o1. The molecule has 0 atom stereocenters. The molecule has 8 nitrogen and oxygen atoms in total. The summed E-state index contributed by atoms with van der Waals surface area (Å²) >= 11 is 11.6. The largest absolute Gasteiger partial charge is 0.482 e. The Morgan fingerprint density at radius 3 is 2.70 bits per heavy atom. The minimum atomic E-state index is -3.58. The van der Waals surface area contributed by atoms with Gasteiger partial charge in [0, 0.05) is 11.3 Å². The number of carbonyl (C=O) groups excluding carboxylic acids is 1. The first-order valence-electron chi connectivity index (χ1n) is 6.12. The van der Waals surface area contributed by atoms with Gasteiger partial charge in [-0.25, -0.2) is 8.42 Å².